The third kappa shape index (κ3) is 1.67. The molecule has 2 nitrogen and oxygen atoms in total. The van der Waals surface area contributed by atoms with Gasteiger partial charge in [-0.2, -0.15) is 0 Å². The molecule has 0 aliphatic rings. The van der Waals surface area contributed by atoms with E-state index in [1.54, 1.807) is 11.3 Å². The van der Waals surface area contributed by atoms with Gasteiger partial charge in [-0.1, -0.05) is 0 Å². The van der Waals surface area contributed by atoms with Crippen LogP contribution in [0.4, 0.5) is 0 Å². The molecule has 0 saturated heterocycles. The molecule has 1 heterocycles. The topological polar surface area (TPSA) is 24.9 Å². The number of aromatic nitrogens is 1. The van der Waals surface area contributed by atoms with Crippen molar-refractivity contribution in [3.05, 3.63) is 15.6 Å². The maximum Gasteiger partial charge on any atom is 0.113 e. The van der Waals surface area contributed by atoms with Gasteiger partial charge in [-0.05, 0) is 34.7 Å². The van der Waals surface area contributed by atoms with Crippen molar-refractivity contribution in [1.82, 2.24) is 10.3 Å². The lowest BCUT2D eigenvalue weighted by Gasteiger charge is -2.20. The number of aryl methyl sites for hydroxylation is 2. The first-order chi connectivity index (χ1) is 5.47. The molecule has 1 N–H and O–H groups in total. The van der Waals surface area contributed by atoms with E-state index in [1.165, 1.54) is 9.88 Å². The standard InChI is InChI=1S/C9H16N2S/c1-6-7(2)12-8(11-6)9(3,4)10-5/h10H,1-5H3. The Labute approximate surface area is 78.0 Å². The van der Waals surface area contributed by atoms with Crippen LogP contribution >= 0.6 is 11.3 Å². The van der Waals surface area contributed by atoms with E-state index in [9.17, 15) is 0 Å². The summed E-state index contributed by atoms with van der Waals surface area (Å²) in [5, 5.41) is 4.41. The maximum atomic E-state index is 4.51. The Morgan fingerprint density at radius 3 is 2.25 bits per heavy atom. The predicted octanol–water partition coefficient (Wildman–Crippen LogP) is 2.21. The van der Waals surface area contributed by atoms with Crippen molar-refractivity contribution < 1.29 is 0 Å². The number of hydrogen-bond donors (Lipinski definition) is 1. The van der Waals surface area contributed by atoms with Crippen molar-refractivity contribution in [2.24, 2.45) is 0 Å². The van der Waals surface area contributed by atoms with Gasteiger partial charge in [0, 0.05) is 4.88 Å². The first-order valence-corrected chi connectivity index (χ1v) is 4.92. The second-order valence-electron chi connectivity index (χ2n) is 3.54. The van der Waals surface area contributed by atoms with Crippen LogP contribution in [0.2, 0.25) is 0 Å². The summed E-state index contributed by atoms with van der Waals surface area (Å²) in [5.41, 5.74) is 1.15. The van der Waals surface area contributed by atoms with Crippen LogP contribution in [0.1, 0.15) is 29.4 Å². The zero-order valence-corrected chi connectivity index (χ0v) is 9.17. The van der Waals surface area contributed by atoms with Gasteiger partial charge in [0.15, 0.2) is 0 Å². The molecule has 0 fully saturated rings. The molecule has 0 aromatic carbocycles. The van der Waals surface area contributed by atoms with Gasteiger partial charge < -0.3 is 5.32 Å². The molecule has 12 heavy (non-hydrogen) atoms. The smallest absolute Gasteiger partial charge is 0.113 e. The van der Waals surface area contributed by atoms with Crippen LogP contribution in [0.5, 0.6) is 0 Å². The fourth-order valence-electron chi connectivity index (χ4n) is 0.847. The molecule has 0 saturated carbocycles. The molecule has 0 aliphatic heterocycles. The summed E-state index contributed by atoms with van der Waals surface area (Å²) < 4.78 is 0. The molecule has 0 atom stereocenters. The molecule has 1 rings (SSSR count). The monoisotopic (exact) mass is 184 g/mol. The summed E-state index contributed by atoms with van der Waals surface area (Å²) in [6.45, 7) is 8.46. The molecule has 0 unspecified atom stereocenters. The Hall–Kier alpha value is -0.410. The average Bonchev–Trinajstić information content (AvgIpc) is 2.33. The van der Waals surface area contributed by atoms with Gasteiger partial charge in [0.1, 0.15) is 5.01 Å². The third-order valence-corrected chi connectivity index (χ3v) is 3.58. The van der Waals surface area contributed by atoms with Crippen molar-refractivity contribution in [1.29, 1.82) is 0 Å². The first kappa shape index (κ1) is 9.68. The largest absolute Gasteiger partial charge is 0.309 e. The summed E-state index contributed by atoms with van der Waals surface area (Å²) in [4.78, 5) is 5.82. The van der Waals surface area contributed by atoms with E-state index in [2.05, 4.69) is 38.0 Å². The van der Waals surface area contributed by atoms with E-state index in [0.29, 0.717) is 0 Å². The lowest BCUT2D eigenvalue weighted by Crippen LogP contribution is -2.32. The lowest BCUT2D eigenvalue weighted by molar-refractivity contribution is 0.441. The van der Waals surface area contributed by atoms with Gasteiger partial charge in [0.2, 0.25) is 0 Å². The van der Waals surface area contributed by atoms with Crippen LogP contribution in [0.25, 0.3) is 0 Å². The van der Waals surface area contributed by atoms with Gasteiger partial charge >= 0.3 is 0 Å². The van der Waals surface area contributed by atoms with E-state index >= 15 is 0 Å². The Balaban J connectivity index is 3.04. The Morgan fingerprint density at radius 2 is 1.92 bits per heavy atom. The van der Waals surface area contributed by atoms with Crippen molar-refractivity contribution in [2.75, 3.05) is 7.05 Å². The second kappa shape index (κ2) is 3.15. The summed E-state index contributed by atoms with van der Waals surface area (Å²) in [6, 6.07) is 0. The van der Waals surface area contributed by atoms with Crippen molar-refractivity contribution in [3.8, 4) is 0 Å². The number of nitrogens with one attached hydrogen (secondary N) is 1. The average molecular weight is 184 g/mol. The van der Waals surface area contributed by atoms with Crippen LogP contribution in [0, 0.1) is 13.8 Å². The first-order valence-electron chi connectivity index (χ1n) is 4.11. The summed E-state index contributed by atoms with van der Waals surface area (Å²) in [6.07, 6.45) is 0. The van der Waals surface area contributed by atoms with E-state index < -0.39 is 0 Å². The van der Waals surface area contributed by atoms with Crippen molar-refractivity contribution in [3.63, 3.8) is 0 Å². The van der Waals surface area contributed by atoms with Gasteiger partial charge in [0.05, 0.1) is 11.2 Å². The highest BCUT2D eigenvalue weighted by Crippen LogP contribution is 2.26. The molecule has 0 bridgehead atoms. The molecule has 0 spiro atoms. The SMILES string of the molecule is CNC(C)(C)c1nc(C)c(C)s1. The van der Waals surface area contributed by atoms with E-state index in [-0.39, 0.29) is 5.54 Å². The fourth-order valence-corrected chi connectivity index (χ4v) is 1.87. The number of rotatable bonds is 2. The highest BCUT2D eigenvalue weighted by Gasteiger charge is 2.22. The molecule has 1 aromatic heterocycles. The number of nitrogens with zero attached hydrogens (tertiary/aromatic N) is 1. The normalized spacial score (nSPS) is 12.1. The van der Waals surface area contributed by atoms with Crippen LogP contribution in [-0.2, 0) is 5.54 Å². The van der Waals surface area contributed by atoms with E-state index in [1.807, 2.05) is 7.05 Å². The second-order valence-corrected chi connectivity index (χ2v) is 4.74. The van der Waals surface area contributed by atoms with Gasteiger partial charge in [-0.15, -0.1) is 11.3 Å². The van der Waals surface area contributed by atoms with Gasteiger partial charge in [-0.25, -0.2) is 4.98 Å². The Morgan fingerprint density at radius 1 is 1.33 bits per heavy atom. The minimum Gasteiger partial charge on any atom is -0.309 e. The van der Waals surface area contributed by atoms with E-state index in [0.717, 1.165) is 5.69 Å². The minimum atomic E-state index is 0.00366. The lowest BCUT2D eigenvalue weighted by atomic mass is 10.1. The fraction of sp³-hybridized carbons (Fsp3) is 0.667. The van der Waals surface area contributed by atoms with Gasteiger partial charge in [0.25, 0.3) is 0 Å². The highest BCUT2D eigenvalue weighted by molar-refractivity contribution is 7.11. The predicted molar refractivity (Wildman–Crippen MR) is 53.7 cm³/mol. The molecule has 1 aromatic rings. The van der Waals surface area contributed by atoms with Gasteiger partial charge in [-0.3, -0.25) is 0 Å². The van der Waals surface area contributed by atoms with E-state index in [4.69, 9.17) is 0 Å². The molecule has 68 valence electrons. The summed E-state index contributed by atoms with van der Waals surface area (Å²) >= 11 is 1.77. The molecule has 0 radical (unpaired) electrons. The quantitative estimate of drug-likeness (QED) is 0.762. The van der Waals surface area contributed by atoms with Crippen LogP contribution in [0.15, 0.2) is 0 Å². The van der Waals surface area contributed by atoms with Crippen molar-refractivity contribution in [2.45, 2.75) is 33.2 Å². The molecular formula is C9H16N2S. The Bertz CT molecular complexity index is 257. The molecular weight excluding hydrogens is 168 g/mol. The van der Waals surface area contributed by atoms with Crippen molar-refractivity contribution >= 4 is 11.3 Å². The van der Waals surface area contributed by atoms with Crippen LogP contribution in [0.3, 0.4) is 0 Å². The summed E-state index contributed by atoms with van der Waals surface area (Å²) in [5.74, 6) is 0. The van der Waals surface area contributed by atoms with Crippen LogP contribution in [-0.4, -0.2) is 12.0 Å². The molecule has 0 amide bonds. The number of thiazole rings is 1. The maximum absolute atomic E-state index is 4.51. The molecule has 3 heteroatoms. The Kier molecular flexibility index (Phi) is 2.54. The third-order valence-electron chi connectivity index (χ3n) is 2.19. The minimum absolute atomic E-state index is 0.00366. The summed E-state index contributed by atoms with van der Waals surface area (Å²) in [7, 11) is 1.96. The zero-order valence-electron chi connectivity index (χ0n) is 8.36. The number of hydrogen-bond acceptors (Lipinski definition) is 3. The zero-order chi connectivity index (χ0) is 9.35. The van der Waals surface area contributed by atoms with Crippen LogP contribution < -0.4 is 5.32 Å². The highest BCUT2D eigenvalue weighted by atomic mass is 32.1. The molecule has 0 aliphatic carbocycles.